The highest BCUT2D eigenvalue weighted by molar-refractivity contribution is 7.09. The zero-order valence-corrected chi connectivity index (χ0v) is 12.4. The minimum absolute atomic E-state index is 0.584. The maximum Gasteiger partial charge on any atom is 0.0943 e. The summed E-state index contributed by atoms with van der Waals surface area (Å²) >= 11 is 1.80. The molecule has 0 aromatic carbocycles. The van der Waals surface area contributed by atoms with Crippen LogP contribution < -0.4 is 5.32 Å². The van der Waals surface area contributed by atoms with E-state index in [0.29, 0.717) is 6.04 Å². The lowest BCUT2D eigenvalue weighted by molar-refractivity contribution is 0.352. The zero-order valence-electron chi connectivity index (χ0n) is 11.6. The maximum atomic E-state index is 4.58. The van der Waals surface area contributed by atoms with E-state index in [-0.39, 0.29) is 0 Å². The maximum absolute atomic E-state index is 4.58. The molecule has 1 rings (SSSR count). The van der Waals surface area contributed by atoms with Gasteiger partial charge in [-0.1, -0.05) is 27.2 Å². The van der Waals surface area contributed by atoms with Gasteiger partial charge >= 0.3 is 0 Å². The lowest BCUT2D eigenvalue weighted by Gasteiger charge is -2.24. The van der Waals surface area contributed by atoms with Crippen LogP contribution >= 0.6 is 11.3 Å². The average Bonchev–Trinajstić information content (AvgIpc) is 2.70. The van der Waals surface area contributed by atoms with Crippen molar-refractivity contribution in [3.63, 3.8) is 0 Å². The summed E-state index contributed by atoms with van der Waals surface area (Å²) in [4.78, 5) is 4.58. The van der Waals surface area contributed by atoms with E-state index < -0.39 is 0 Å². The fourth-order valence-electron chi connectivity index (χ4n) is 2.15. The molecule has 98 valence electrons. The fourth-order valence-corrected chi connectivity index (χ4v) is 2.98. The van der Waals surface area contributed by atoms with Crippen molar-refractivity contribution < 1.29 is 0 Å². The van der Waals surface area contributed by atoms with Crippen LogP contribution in [0.5, 0.6) is 0 Å². The normalized spacial score (nSPS) is 14.8. The molecule has 1 aromatic rings. The van der Waals surface area contributed by atoms with Crippen LogP contribution in [-0.2, 0) is 6.42 Å². The third-order valence-electron chi connectivity index (χ3n) is 3.15. The summed E-state index contributed by atoms with van der Waals surface area (Å²) in [5.41, 5.74) is 1.15. The van der Waals surface area contributed by atoms with Crippen molar-refractivity contribution >= 4 is 11.3 Å². The van der Waals surface area contributed by atoms with Crippen LogP contribution in [0.15, 0.2) is 5.38 Å². The van der Waals surface area contributed by atoms with E-state index in [4.69, 9.17) is 0 Å². The SMILES string of the molecule is CCCNC(Cc1nc(C)cs1)C(C)CCC. The second-order valence-electron chi connectivity index (χ2n) is 4.91. The van der Waals surface area contributed by atoms with E-state index in [1.54, 1.807) is 11.3 Å². The molecule has 2 atom stereocenters. The predicted molar refractivity (Wildman–Crippen MR) is 76.7 cm³/mol. The molecule has 0 spiro atoms. The van der Waals surface area contributed by atoms with E-state index in [2.05, 4.69) is 43.4 Å². The summed E-state index contributed by atoms with van der Waals surface area (Å²) < 4.78 is 0. The number of aryl methyl sites for hydroxylation is 1. The number of aromatic nitrogens is 1. The predicted octanol–water partition coefficient (Wildman–Crippen LogP) is 3.80. The first-order valence-corrected chi connectivity index (χ1v) is 7.69. The van der Waals surface area contributed by atoms with E-state index >= 15 is 0 Å². The zero-order chi connectivity index (χ0) is 12.7. The Labute approximate surface area is 110 Å². The van der Waals surface area contributed by atoms with Crippen molar-refractivity contribution in [1.82, 2.24) is 10.3 Å². The van der Waals surface area contributed by atoms with Crippen molar-refractivity contribution in [1.29, 1.82) is 0 Å². The molecule has 0 fully saturated rings. The van der Waals surface area contributed by atoms with Crippen LogP contribution in [0.25, 0.3) is 0 Å². The first-order chi connectivity index (χ1) is 8.17. The van der Waals surface area contributed by atoms with Gasteiger partial charge in [-0.25, -0.2) is 4.98 Å². The molecule has 17 heavy (non-hydrogen) atoms. The van der Waals surface area contributed by atoms with Gasteiger partial charge in [0.15, 0.2) is 0 Å². The van der Waals surface area contributed by atoms with Crippen LogP contribution in [0.4, 0.5) is 0 Å². The van der Waals surface area contributed by atoms with Gasteiger partial charge < -0.3 is 5.32 Å². The van der Waals surface area contributed by atoms with Gasteiger partial charge in [-0.15, -0.1) is 11.3 Å². The summed E-state index contributed by atoms with van der Waals surface area (Å²) in [6, 6.07) is 0.584. The molecular formula is C14H26N2S. The molecule has 0 aliphatic heterocycles. The van der Waals surface area contributed by atoms with Crippen LogP contribution in [0.2, 0.25) is 0 Å². The summed E-state index contributed by atoms with van der Waals surface area (Å²) in [6.07, 6.45) is 4.85. The van der Waals surface area contributed by atoms with Crippen LogP contribution in [0.1, 0.15) is 50.7 Å². The molecular weight excluding hydrogens is 228 g/mol. The van der Waals surface area contributed by atoms with Gasteiger partial charge in [-0.2, -0.15) is 0 Å². The lowest BCUT2D eigenvalue weighted by Crippen LogP contribution is -2.37. The van der Waals surface area contributed by atoms with E-state index in [9.17, 15) is 0 Å². The first-order valence-electron chi connectivity index (χ1n) is 6.81. The summed E-state index contributed by atoms with van der Waals surface area (Å²) in [7, 11) is 0. The van der Waals surface area contributed by atoms with Crippen LogP contribution in [-0.4, -0.2) is 17.6 Å². The Morgan fingerprint density at radius 3 is 2.65 bits per heavy atom. The molecule has 0 saturated carbocycles. The van der Waals surface area contributed by atoms with E-state index in [0.717, 1.165) is 24.6 Å². The van der Waals surface area contributed by atoms with Gasteiger partial charge in [0.1, 0.15) is 0 Å². The highest BCUT2D eigenvalue weighted by atomic mass is 32.1. The van der Waals surface area contributed by atoms with E-state index in [1.165, 1.54) is 24.3 Å². The molecule has 2 unspecified atom stereocenters. The Morgan fingerprint density at radius 1 is 1.35 bits per heavy atom. The number of hydrogen-bond acceptors (Lipinski definition) is 3. The third-order valence-corrected chi connectivity index (χ3v) is 4.14. The van der Waals surface area contributed by atoms with Gasteiger partial charge in [0.05, 0.1) is 5.01 Å². The van der Waals surface area contributed by atoms with Gasteiger partial charge in [0, 0.05) is 23.5 Å². The molecule has 0 radical (unpaired) electrons. The van der Waals surface area contributed by atoms with Gasteiger partial charge in [-0.3, -0.25) is 0 Å². The van der Waals surface area contributed by atoms with Crippen molar-refractivity contribution in [3.8, 4) is 0 Å². The van der Waals surface area contributed by atoms with Gasteiger partial charge in [0.25, 0.3) is 0 Å². The Morgan fingerprint density at radius 2 is 2.12 bits per heavy atom. The van der Waals surface area contributed by atoms with Crippen molar-refractivity contribution in [2.75, 3.05) is 6.54 Å². The number of nitrogens with one attached hydrogen (secondary N) is 1. The van der Waals surface area contributed by atoms with Crippen LogP contribution in [0, 0.1) is 12.8 Å². The minimum atomic E-state index is 0.584. The Bertz CT molecular complexity index is 309. The number of thiazole rings is 1. The second-order valence-corrected chi connectivity index (χ2v) is 5.86. The summed E-state index contributed by atoms with van der Waals surface area (Å²) in [5.74, 6) is 0.732. The van der Waals surface area contributed by atoms with Gasteiger partial charge in [-0.05, 0) is 32.2 Å². The minimum Gasteiger partial charge on any atom is -0.313 e. The van der Waals surface area contributed by atoms with Crippen molar-refractivity contribution in [3.05, 3.63) is 16.1 Å². The molecule has 0 aliphatic carbocycles. The molecule has 0 aliphatic rings. The van der Waals surface area contributed by atoms with Gasteiger partial charge in [0.2, 0.25) is 0 Å². The monoisotopic (exact) mass is 254 g/mol. The Hall–Kier alpha value is -0.410. The molecule has 0 saturated heterocycles. The number of nitrogens with zero attached hydrogens (tertiary/aromatic N) is 1. The molecule has 3 heteroatoms. The molecule has 2 nitrogen and oxygen atoms in total. The molecule has 1 N–H and O–H groups in total. The summed E-state index contributed by atoms with van der Waals surface area (Å²) in [6.45, 7) is 10.0. The Balaban J connectivity index is 2.55. The molecule has 1 heterocycles. The lowest BCUT2D eigenvalue weighted by atomic mass is 9.94. The Kier molecular flexibility index (Phi) is 6.75. The highest BCUT2D eigenvalue weighted by Gasteiger charge is 2.17. The van der Waals surface area contributed by atoms with Crippen molar-refractivity contribution in [2.24, 2.45) is 5.92 Å². The highest BCUT2D eigenvalue weighted by Crippen LogP contribution is 2.18. The van der Waals surface area contributed by atoms with Crippen molar-refractivity contribution in [2.45, 2.75) is 59.4 Å². The topological polar surface area (TPSA) is 24.9 Å². The molecule has 0 amide bonds. The third kappa shape index (κ3) is 5.17. The van der Waals surface area contributed by atoms with Crippen LogP contribution in [0.3, 0.4) is 0 Å². The standard InChI is InChI=1S/C14H26N2S/c1-5-7-11(3)13(15-8-6-2)9-14-16-12(4)10-17-14/h10-11,13,15H,5-9H2,1-4H3. The number of hydrogen-bond donors (Lipinski definition) is 1. The number of rotatable bonds is 8. The summed E-state index contributed by atoms with van der Waals surface area (Å²) in [5, 5.41) is 7.10. The fraction of sp³-hybridized carbons (Fsp3) is 0.786. The first kappa shape index (κ1) is 14.7. The second kappa shape index (κ2) is 7.83. The molecule has 0 bridgehead atoms. The smallest absolute Gasteiger partial charge is 0.0943 e. The van der Waals surface area contributed by atoms with E-state index in [1.807, 2.05) is 0 Å². The largest absolute Gasteiger partial charge is 0.313 e. The average molecular weight is 254 g/mol. The molecule has 1 aromatic heterocycles. The quantitative estimate of drug-likeness (QED) is 0.763.